The van der Waals surface area contributed by atoms with E-state index in [1.807, 2.05) is 0 Å². The fourth-order valence-electron chi connectivity index (χ4n) is 2.45. The molecule has 0 spiro atoms. The highest BCUT2D eigenvalue weighted by Gasteiger charge is 2.36. The Hall–Kier alpha value is -3.85. The molecule has 0 atom stereocenters. The van der Waals surface area contributed by atoms with Gasteiger partial charge in [-0.05, 0) is 47.1 Å². The van der Waals surface area contributed by atoms with Crippen molar-refractivity contribution in [3.05, 3.63) is 51.1 Å². The number of ether oxygens (including phenoxy) is 2. The molecule has 11 heteroatoms. The van der Waals surface area contributed by atoms with Gasteiger partial charge in [0.15, 0.2) is 0 Å². The summed E-state index contributed by atoms with van der Waals surface area (Å²) in [5.74, 6) is 0. The van der Waals surface area contributed by atoms with Crippen molar-refractivity contribution in [3.8, 4) is 11.3 Å². The molecule has 11 nitrogen and oxygen atoms in total. The van der Waals surface area contributed by atoms with Crippen molar-refractivity contribution in [1.29, 1.82) is 0 Å². The van der Waals surface area contributed by atoms with Crippen LogP contribution in [0.2, 0.25) is 0 Å². The molecule has 2 amide bonds. The number of carbonyl (C=O) groups is 2. The molecule has 2 rings (SSSR count). The molecule has 1 N–H and O–H groups in total. The number of rotatable bonds is 3. The van der Waals surface area contributed by atoms with Gasteiger partial charge in [0.2, 0.25) is 0 Å². The molecule has 0 bridgehead atoms. The summed E-state index contributed by atoms with van der Waals surface area (Å²) in [5, 5.41) is 9.74. The van der Waals surface area contributed by atoms with Crippen LogP contribution in [0.1, 0.15) is 41.5 Å². The highest BCUT2D eigenvalue weighted by atomic mass is 16.6. The van der Waals surface area contributed by atoms with E-state index in [0.29, 0.717) is 10.5 Å². The molecule has 0 radical (unpaired) electrons. The van der Waals surface area contributed by atoms with E-state index in [1.165, 1.54) is 0 Å². The summed E-state index contributed by atoms with van der Waals surface area (Å²) in [6, 6.07) is 8.50. The van der Waals surface area contributed by atoms with Gasteiger partial charge in [-0.25, -0.2) is 14.7 Å². The van der Waals surface area contributed by atoms with Crippen LogP contribution in [0, 0.1) is 0 Å². The van der Waals surface area contributed by atoms with Gasteiger partial charge in [-0.2, -0.15) is 10.00 Å². The Morgan fingerprint density at radius 3 is 2.00 bits per heavy atom. The third-order valence-corrected chi connectivity index (χ3v) is 3.50. The van der Waals surface area contributed by atoms with E-state index in [2.05, 4.69) is 20.2 Å². The Morgan fingerprint density at radius 2 is 1.55 bits per heavy atom. The highest BCUT2D eigenvalue weighted by molar-refractivity contribution is 6.12. The first-order valence-corrected chi connectivity index (χ1v) is 9.33. The van der Waals surface area contributed by atoms with Crippen LogP contribution in [0.5, 0.6) is 0 Å². The minimum absolute atomic E-state index is 0.0603. The minimum atomic E-state index is -1.17. The lowest BCUT2D eigenvalue weighted by Gasteiger charge is -2.28. The number of carbonyl (C=O) groups excluding carboxylic acids is 2. The van der Waals surface area contributed by atoms with Crippen LogP contribution in [0.4, 0.5) is 21.0 Å². The molecular weight excluding hydrogens is 404 g/mol. The second-order valence-corrected chi connectivity index (χ2v) is 8.45. The zero-order chi connectivity index (χ0) is 23.4. The molecular formula is C20H24N6O5. The number of aromatic amines is 1. The van der Waals surface area contributed by atoms with Crippen molar-refractivity contribution in [2.24, 2.45) is 5.11 Å². The number of nitrogens with one attached hydrogen (secondary N) is 1. The van der Waals surface area contributed by atoms with E-state index in [4.69, 9.17) is 15.0 Å². The number of H-pyrrole nitrogens is 1. The Labute approximate surface area is 178 Å². The minimum Gasteiger partial charge on any atom is -0.443 e. The van der Waals surface area contributed by atoms with Crippen LogP contribution >= 0.6 is 0 Å². The van der Waals surface area contributed by atoms with E-state index < -0.39 is 34.6 Å². The van der Waals surface area contributed by atoms with Crippen molar-refractivity contribution in [2.45, 2.75) is 52.7 Å². The molecule has 0 saturated carbocycles. The number of aromatic nitrogens is 2. The predicted molar refractivity (Wildman–Crippen MR) is 114 cm³/mol. The van der Waals surface area contributed by atoms with Gasteiger partial charge in [0.1, 0.15) is 22.6 Å². The standard InChI is InChI=1S/C20H24N6O5/c1-19(2,3)30-17(28)26(18(29)31-20(4,5)6)15-14(23-25-21)13(22-24-16(15)27)12-10-8-7-9-11-12/h7-11H,1-6H3,(H,24,27). The van der Waals surface area contributed by atoms with Crippen molar-refractivity contribution >= 4 is 23.6 Å². The first kappa shape index (κ1) is 23.4. The average molecular weight is 428 g/mol. The van der Waals surface area contributed by atoms with E-state index in [9.17, 15) is 14.4 Å². The van der Waals surface area contributed by atoms with Gasteiger partial charge in [0, 0.05) is 10.5 Å². The number of hydrogen-bond donors (Lipinski definition) is 1. The van der Waals surface area contributed by atoms with Crippen LogP contribution in [0.15, 0.2) is 40.2 Å². The molecule has 0 unspecified atom stereocenters. The van der Waals surface area contributed by atoms with Gasteiger partial charge >= 0.3 is 12.2 Å². The predicted octanol–water partition coefficient (Wildman–Crippen LogP) is 5.06. The molecule has 0 saturated heterocycles. The maximum atomic E-state index is 12.9. The topological polar surface area (TPSA) is 150 Å². The third-order valence-electron chi connectivity index (χ3n) is 3.50. The molecule has 164 valence electrons. The SMILES string of the molecule is CC(C)(C)OC(=O)N(C(=O)OC(C)(C)C)c1c(N=[N+]=[N-])c(-c2ccccc2)n[nH]c1=O. The van der Waals surface area contributed by atoms with E-state index in [-0.39, 0.29) is 11.4 Å². The van der Waals surface area contributed by atoms with Gasteiger partial charge in [0.05, 0.1) is 5.69 Å². The molecule has 1 aromatic carbocycles. The maximum absolute atomic E-state index is 12.9. The summed E-state index contributed by atoms with van der Waals surface area (Å²) >= 11 is 0. The van der Waals surface area contributed by atoms with Crippen LogP contribution in [-0.4, -0.2) is 33.6 Å². The smallest absolute Gasteiger partial charge is 0.424 e. The van der Waals surface area contributed by atoms with Crippen molar-refractivity contribution in [2.75, 3.05) is 4.90 Å². The number of anilines is 1. The summed E-state index contributed by atoms with van der Waals surface area (Å²) < 4.78 is 10.6. The number of amides is 2. The molecule has 0 aliphatic heterocycles. The van der Waals surface area contributed by atoms with Gasteiger partial charge in [-0.3, -0.25) is 4.79 Å². The lowest BCUT2D eigenvalue weighted by atomic mass is 10.1. The number of nitrogens with zero attached hydrogens (tertiary/aromatic N) is 5. The van der Waals surface area contributed by atoms with Gasteiger partial charge in [0.25, 0.3) is 5.56 Å². The van der Waals surface area contributed by atoms with Crippen LogP contribution in [0.3, 0.4) is 0 Å². The number of azide groups is 1. The Bertz CT molecular complexity index is 1050. The van der Waals surface area contributed by atoms with Crippen LogP contribution in [0.25, 0.3) is 21.7 Å². The lowest BCUT2D eigenvalue weighted by molar-refractivity contribution is 0.0430. The summed E-state index contributed by atoms with van der Waals surface area (Å²) in [6.07, 6.45) is -2.35. The molecule has 1 heterocycles. The van der Waals surface area contributed by atoms with E-state index in [1.54, 1.807) is 71.9 Å². The lowest BCUT2D eigenvalue weighted by Crippen LogP contribution is -2.46. The maximum Gasteiger partial charge on any atom is 0.424 e. The average Bonchev–Trinajstić information content (AvgIpc) is 2.62. The molecule has 31 heavy (non-hydrogen) atoms. The number of benzene rings is 1. The van der Waals surface area contributed by atoms with Gasteiger partial charge in [-0.15, -0.1) is 0 Å². The second kappa shape index (κ2) is 8.88. The first-order valence-electron chi connectivity index (χ1n) is 9.33. The molecule has 0 fully saturated rings. The zero-order valence-electron chi connectivity index (χ0n) is 18.2. The van der Waals surface area contributed by atoms with Crippen molar-refractivity contribution < 1.29 is 19.1 Å². The van der Waals surface area contributed by atoms with E-state index >= 15 is 0 Å². The molecule has 0 aliphatic carbocycles. The Balaban J connectivity index is 2.80. The fourth-order valence-corrected chi connectivity index (χ4v) is 2.45. The number of imide groups is 1. The third kappa shape index (κ3) is 6.06. The largest absolute Gasteiger partial charge is 0.443 e. The zero-order valence-corrected chi connectivity index (χ0v) is 18.2. The summed E-state index contributed by atoms with van der Waals surface area (Å²) in [7, 11) is 0. The van der Waals surface area contributed by atoms with Crippen LogP contribution < -0.4 is 10.5 Å². The summed E-state index contributed by atoms with van der Waals surface area (Å²) in [4.78, 5) is 41.8. The number of hydrogen-bond acceptors (Lipinski definition) is 7. The van der Waals surface area contributed by atoms with E-state index in [0.717, 1.165) is 0 Å². The summed E-state index contributed by atoms with van der Waals surface area (Å²) in [5.41, 5.74) is 5.84. The van der Waals surface area contributed by atoms with Gasteiger partial charge in [-0.1, -0.05) is 35.4 Å². The summed E-state index contributed by atoms with van der Waals surface area (Å²) in [6.45, 7) is 9.58. The second-order valence-electron chi connectivity index (χ2n) is 8.45. The van der Waals surface area contributed by atoms with Crippen LogP contribution in [-0.2, 0) is 9.47 Å². The fraction of sp³-hybridized carbons (Fsp3) is 0.400. The van der Waals surface area contributed by atoms with Gasteiger partial charge < -0.3 is 9.47 Å². The monoisotopic (exact) mass is 428 g/mol. The molecule has 0 aliphatic rings. The Morgan fingerprint density at radius 1 is 1.03 bits per heavy atom. The molecule has 2 aromatic rings. The van der Waals surface area contributed by atoms with Crippen molar-refractivity contribution in [1.82, 2.24) is 10.2 Å². The normalized spacial score (nSPS) is 11.3. The van der Waals surface area contributed by atoms with Crippen molar-refractivity contribution in [3.63, 3.8) is 0 Å². The Kier molecular flexibility index (Phi) is 6.71. The molecule has 1 aromatic heterocycles. The quantitative estimate of drug-likeness (QED) is 0.410. The first-order chi connectivity index (χ1) is 14.3. The highest BCUT2D eigenvalue weighted by Crippen LogP contribution is 2.35.